The van der Waals surface area contributed by atoms with Gasteiger partial charge < -0.3 is 16.4 Å². The van der Waals surface area contributed by atoms with E-state index in [4.69, 9.17) is 5.73 Å². The standard InChI is InChI=1S/C26H25N3O3/c27-25(31)23-8-4-7-22(23)24(30)19-11-9-17(10-12-19)18-13-15-21(16-14-18)29-26(32)28-20-5-2-1-3-6-20/h1-3,5-6,9-16,22-23H,4,7-8H2,(H2,27,31)(H2,28,29,32)/t22-,23-/m1/s1. The Balaban J connectivity index is 1.39. The van der Waals surface area contributed by atoms with Gasteiger partial charge in [0.15, 0.2) is 5.78 Å². The highest BCUT2D eigenvalue weighted by Gasteiger charge is 2.36. The van der Waals surface area contributed by atoms with Gasteiger partial charge in [-0.3, -0.25) is 9.59 Å². The van der Waals surface area contributed by atoms with Crippen LogP contribution < -0.4 is 16.4 Å². The molecule has 0 radical (unpaired) electrons. The highest BCUT2D eigenvalue weighted by molar-refractivity contribution is 6.01. The van der Waals surface area contributed by atoms with E-state index in [-0.39, 0.29) is 29.6 Å². The van der Waals surface area contributed by atoms with E-state index in [1.807, 2.05) is 66.7 Å². The molecule has 0 saturated heterocycles. The van der Waals surface area contributed by atoms with Gasteiger partial charge in [0.25, 0.3) is 0 Å². The van der Waals surface area contributed by atoms with E-state index in [9.17, 15) is 14.4 Å². The van der Waals surface area contributed by atoms with Crippen molar-refractivity contribution in [3.8, 4) is 11.1 Å². The Kier molecular flexibility index (Phi) is 6.31. The number of nitrogens with two attached hydrogens (primary N) is 1. The van der Waals surface area contributed by atoms with Gasteiger partial charge >= 0.3 is 6.03 Å². The topological polar surface area (TPSA) is 101 Å². The maximum absolute atomic E-state index is 12.8. The lowest BCUT2D eigenvalue weighted by molar-refractivity contribution is -0.122. The van der Waals surface area contributed by atoms with Gasteiger partial charge in [-0.1, -0.05) is 61.0 Å². The molecule has 3 aromatic rings. The first kappa shape index (κ1) is 21.3. The zero-order chi connectivity index (χ0) is 22.5. The first-order valence-electron chi connectivity index (χ1n) is 10.7. The summed E-state index contributed by atoms with van der Waals surface area (Å²) in [5.74, 6) is -1.07. The summed E-state index contributed by atoms with van der Waals surface area (Å²) >= 11 is 0. The highest BCUT2D eigenvalue weighted by atomic mass is 16.2. The second-order valence-electron chi connectivity index (χ2n) is 8.01. The molecule has 1 fully saturated rings. The smallest absolute Gasteiger partial charge is 0.323 e. The number of primary amides is 1. The number of hydrogen-bond donors (Lipinski definition) is 3. The van der Waals surface area contributed by atoms with Crippen LogP contribution >= 0.6 is 0 Å². The molecule has 0 aromatic heterocycles. The fourth-order valence-corrected chi connectivity index (χ4v) is 4.22. The molecule has 6 nitrogen and oxygen atoms in total. The molecule has 4 rings (SSSR count). The van der Waals surface area contributed by atoms with Crippen LogP contribution in [-0.2, 0) is 4.79 Å². The summed E-state index contributed by atoms with van der Waals surface area (Å²) in [4.78, 5) is 36.6. The quantitative estimate of drug-likeness (QED) is 0.478. The zero-order valence-electron chi connectivity index (χ0n) is 17.6. The molecular formula is C26H25N3O3. The molecule has 0 spiro atoms. The van der Waals surface area contributed by atoms with Crippen LogP contribution in [0.15, 0.2) is 78.9 Å². The monoisotopic (exact) mass is 427 g/mol. The highest BCUT2D eigenvalue weighted by Crippen LogP contribution is 2.34. The summed E-state index contributed by atoms with van der Waals surface area (Å²) < 4.78 is 0. The van der Waals surface area contributed by atoms with Gasteiger partial charge in [-0.05, 0) is 48.2 Å². The third kappa shape index (κ3) is 4.86. The van der Waals surface area contributed by atoms with Gasteiger partial charge in [0.05, 0.1) is 0 Å². The van der Waals surface area contributed by atoms with E-state index >= 15 is 0 Å². The molecule has 32 heavy (non-hydrogen) atoms. The third-order valence-corrected chi connectivity index (χ3v) is 5.90. The van der Waals surface area contributed by atoms with Crippen molar-refractivity contribution in [3.05, 3.63) is 84.4 Å². The fraction of sp³-hybridized carbons (Fsp3) is 0.192. The number of nitrogens with one attached hydrogen (secondary N) is 2. The number of rotatable bonds is 6. The van der Waals surface area contributed by atoms with Crippen LogP contribution in [0.5, 0.6) is 0 Å². The van der Waals surface area contributed by atoms with Gasteiger partial charge in [-0.2, -0.15) is 0 Å². The summed E-state index contributed by atoms with van der Waals surface area (Å²) in [7, 11) is 0. The fourth-order valence-electron chi connectivity index (χ4n) is 4.22. The molecule has 1 aliphatic carbocycles. The summed E-state index contributed by atoms with van der Waals surface area (Å²) in [6, 6.07) is 23.8. The maximum atomic E-state index is 12.8. The van der Waals surface area contributed by atoms with E-state index in [0.29, 0.717) is 24.1 Å². The molecule has 6 heteroatoms. The predicted octanol–water partition coefficient (Wildman–Crippen LogP) is 5.08. The van der Waals surface area contributed by atoms with Crippen molar-refractivity contribution in [1.82, 2.24) is 0 Å². The Bertz CT molecular complexity index is 1110. The van der Waals surface area contributed by atoms with Crippen LogP contribution in [0.1, 0.15) is 29.6 Å². The molecule has 162 valence electrons. The minimum absolute atomic E-state index is 0.0122. The number of ketones is 1. The Hall–Kier alpha value is -3.93. The van der Waals surface area contributed by atoms with Crippen molar-refractivity contribution >= 4 is 29.1 Å². The normalized spacial score (nSPS) is 17.5. The number of urea groups is 1. The largest absolute Gasteiger partial charge is 0.369 e. The predicted molar refractivity (Wildman–Crippen MR) is 125 cm³/mol. The van der Waals surface area contributed by atoms with E-state index in [2.05, 4.69) is 10.6 Å². The molecule has 0 unspecified atom stereocenters. The van der Waals surface area contributed by atoms with Crippen LogP contribution in [-0.4, -0.2) is 17.7 Å². The lowest BCUT2D eigenvalue weighted by Gasteiger charge is -2.15. The summed E-state index contributed by atoms with van der Waals surface area (Å²) in [6.45, 7) is 0. The average Bonchev–Trinajstić information content (AvgIpc) is 3.30. The van der Waals surface area contributed by atoms with Gasteiger partial charge in [-0.25, -0.2) is 4.79 Å². The lowest BCUT2D eigenvalue weighted by Crippen LogP contribution is -2.30. The average molecular weight is 428 g/mol. The molecule has 0 bridgehead atoms. The number of carbonyl (C=O) groups excluding carboxylic acids is 3. The minimum atomic E-state index is -0.386. The number of anilines is 2. The molecule has 3 aromatic carbocycles. The Labute approximate surface area is 186 Å². The van der Waals surface area contributed by atoms with Crippen molar-refractivity contribution in [3.63, 3.8) is 0 Å². The SMILES string of the molecule is NC(=O)[C@@H]1CCC[C@H]1C(=O)c1ccc(-c2ccc(NC(=O)Nc3ccccc3)cc2)cc1. The second-order valence-corrected chi connectivity index (χ2v) is 8.01. The van der Waals surface area contributed by atoms with Gasteiger partial charge in [0, 0.05) is 28.8 Å². The van der Waals surface area contributed by atoms with Crippen LogP contribution in [0.4, 0.5) is 16.2 Å². The number of para-hydroxylation sites is 1. The van der Waals surface area contributed by atoms with Gasteiger partial charge in [-0.15, -0.1) is 0 Å². The van der Waals surface area contributed by atoms with E-state index in [1.54, 1.807) is 12.1 Å². The molecule has 1 aliphatic rings. The second kappa shape index (κ2) is 9.47. The number of carbonyl (C=O) groups is 3. The van der Waals surface area contributed by atoms with Crippen molar-refractivity contribution < 1.29 is 14.4 Å². The minimum Gasteiger partial charge on any atom is -0.369 e. The van der Waals surface area contributed by atoms with Crippen molar-refractivity contribution in [2.45, 2.75) is 19.3 Å². The van der Waals surface area contributed by atoms with Gasteiger partial charge in [0.2, 0.25) is 5.91 Å². The van der Waals surface area contributed by atoms with Crippen LogP contribution in [0.3, 0.4) is 0 Å². The first-order chi connectivity index (χ1) is 15.5. The van der Waals surface area contributed by atoms with Crippen molar-refractivity contribution in [2.24, 2.45) is 17.6 Å². The third-order valence-electron chi connectivity index (χ3n) is 5.90. The first-order valence-corrected chi connectivity index (χ1v) is 10.7. The van der Waals surface area contributed by atoms with Crippen molar-refractivity contribution in [2.75, 3.05) is 10.6 Å². The molecule has 1 saturated carbocycles. The molecule has 2 atom stereocenters. The van der Waals surface area contributed by atoms with E-state index < -0.39 is 0 Å². The molecule has 0 heterocycles. The zero-order valence-corrected chi connectivity index (χ0v) is 17.6. The summed E-state index contributed by atoms with van der Waals surface area (Å²) in [5, 5.41) is 5.58. The molecular weight excluding hydrogens is 402 g/mol. The Morgan fingerprint density at radius 3 is 1.81 bits per heavy atom. The molecule has 3 amide bonds. The molecule has 0 aliphatic heterocycles. The van der Waals surface area contributed by atoms with E-state index in [1.165, 1.54) is 0 Å². The van der Waals surface area contributed by atoms with E-state index in [0.717, 1.165) is 23.2 Å². The molecule has 4 N–H and O–H groups in total. The van der Waals surface area contributed by atoms with Crippen LogP contribution in [0, 0.1) is 11.8 Å². The summed E-state index contributed by atoms with van der Waals surface area (Å²) in [5.41, 5.74) is 9.38. The maximum Gasteiger partial charge on any atom is 0.323 e. The Morgan fingerprint density at radius 1 is 0.688 bits per heavy atom. The van der Waals surface area contributed by atoms with Crippen LogP contribution in [0.25, 0.3) is 11.1 Å². The number of Topliss-reactive ketones (excluding diaryl/α,β-unsaturated/α-hetero) is 1. The van der Waals surface area contributed by atoms with Crippen molar-refractivity contribution in [1.29, 1.82) is 0 Å². The number of amides is 3. The number of hydrogen-bond acceptors (Lipinski definition) is 3. The lowest BCUT2D eigenvalue weighted by atomic mass is 9.87. The summed E-state index contributed by atoms with van der Waals surface area (Å²) in [6.07, 6.45) is 2.25. The Morgan fingerprint density at radius 2 is 1.22 bits per heavy atom. The van der Waals surface area contributed by atoms with Gasteiger partial charge in [0.1, 0.15) is 0 Å². The van der Waals surface area contributed by atoms with Crippen LogP contribution in [0.2, 0.25) is 0 Å². The number of benzene rings is 3.